The van der Waals surface area contributed by atoms with Crippen LogP contribution in [0.3, 0.4) is 0 Å². The van der Waals surface area contributed by atoms with Crippen LogP contribution < -0.4 is 10.6 Å². The van der Waals surface area contributed by atoms with Crippen LogP contribution in [0.1, 0.15) is 12.0 Å². The summed E-state index contributed by atoms with van der Waals surface area (Å²) < 4.78 is 23.1. The van der Waals surface area contributed by atoms with Gasteiger partial charge in [-0.05, 0) is 32.5 Å². The molecule has 1 heterocycles. The fourth-order valence-corrected chi connectivity index (χ4v) is 4.51. The second-order valence-electron chi connectivity index (χ2n) is 6.50. The third-order valence-electron chi connectivity index (χ3n) is 4.35. The molecule has 1 aliphatic heterocycles. The fraction of sp³-hybridized carbons (Fsp3) is 0.588. The van der Waals surface area contributed by atoms with E-state index in [9.17, 15) is 8.42 Å². The largest absolute Gasteiger partial charge is 0.355 e. The summed E-state index contributed by atoms with van der Waals surface area (Å²) in [5.41, 5.74) is 1.29. The maximum atomic E-state index is 11.6. The summed E-state index contributed by atoms with van der Waals surface area (Å²) in [6.07, 6.45) is 1.58. The van der Waals surface area contributed by atoms with E-state index in [1.54, 1.807) is 7.05 Å². The molecule has 6 nitrogen and oxygen atoms in total. The van der Waals surface area contributed by atoms with Gasteiger partial charge in [-0.3, -0.25) is 4.99 Å². The Balaban J connectivity index is 1.88. The maximum Gasteiger partial charge on any atom is 0.191 e. The molecule has 2 N–H and O–H groups in total. The lowest BCUT2D eigenvalue weighted by molar-refractivity contribution is 0.290. The SMILES string of the molecule is CN=C(NCC(Cc1ccccc1)N(C)C)NC1CCS(=O)(=O)C1. The highest BCUT2D eigenvalue weighted by Crippen LogP contribution is 2.11. The Labute approximate surface area is 145 Å². The van der Waals surface area contributed by atoms with E-state index in [0.29, 0.717) is 18.4 Å². The molecule has 1 aliphatic rings. The number of rotatable bonds is 6. The predicted octanol–water partition coefficient (Wildman–Crippen LogP) is 0.511. The first-order valence-electron chi connectivity index (χ1n) is 8.27. The summed E-state index contributed by atoms with van der Waals surface area (Å²) in [6.45, 7) is 0.737. The van der Waals surface area contributed by atoms with Crippen molar-refractivity contribution in [2.75, 3.05) is 39.2 Å². The van der Waals surface area contributed by atoms with Crippen LogP contribution in [-0.2, 0) is 16.3 Å². The second kappa shape index (κ2) is 8.48. The van der Waals surface area contributed by atoms with E-state index in [1.807, 2.05) is 6.07 Å². The Hall–Kier alpha value is -1.60. The Morgan fingerprint density at radius 3 is 2.58 bits per heavy atom. The van der Waals surface area contributed by atoms with Gasteiger partial charge in [-0.15, -0.1) is 0 Å². The molecule has 0 bridgehead atoms. The summed E-state index contributed by atoms with van der Waals surface area (Å²) in [7, 11) is 2.95. The van der Waals surface area contributed by atoms with Crippen molar-refractivity contribution in [3.05, 3.63) is 35.9 Å². The van der Waals surface area contributed by atoms with E-state index in [2.05, 4.69) is 58.9 Å². The zero-order valence-corrected chi connectivity index (χ0v) is 15.5. The van der Waals surface area contributed by atoms with Gasteiger partial charge in [0.05, 0.1) is 11.5 Å². The zero-order chi connectivity index (χ0) is 17.6. The number of hydrogen-bond donors (Lipinski definition) is 2. The molecule has 1 saturated heterocycles. The predicted molar refractivity (Wildman–Crippen MR) is 99.2 cm³/mol. The van der Waals surface area contributed by atoms with Crippen LogP contribution in [0.4, 0.5) is 0 Å². The van der Waals surface area contributed by atoms with Crippen LogP contribution in [0.2, 0.25) is 0 Å². The van der Waals surface area contributed by atoms with E-state index < -0.39 is 9.84 Å². The van der Waals surface area contributed by atoms with Crippen LogP contribution in [0.15, 0.2) is 35.3 Å². The van der Waals surface area contributed by atoms with Crippen molar-refractivity contribution in [3.8, 4) is 0 Å². The van der Waals surface area contributed by atoms with Gasteiger partial charge >= 0.3 is 0 Å². The quantitative estimate of drug-likeness (QED) is 0.576. The van der Waals surface area contributed by atoms with Crippen LogP contribution in [0.5, 0.6) is 0 Å². The fourth-order valence-electron chi connectivity index (χ4n) is 2.83. The molecule has 1 fully saturated rings. The van der Waals surface area contributed by atoms with E-state index in [0.717, 1.165) is 13.0 Å². The standard InChI is InChI=1S/C17H28N4O2S/c1-18-17(20-15-9-10-24(22,23)13-15)19-12-16(21(2)3)11-14-7-5-4-6-8-14/h4-8,15-16H,9-13H2,1-3H3,(H2,18,19,20). The summed E-state index contributed by atoms with van der Waals surface area (Å²) in [5.74, 6) is 1.11. The highest BCUT2D eigenvalue weighted by Gasteiger charge is 2.28. The number of nitrogens with zero attached hydrogens (tertiary/aromatic N) is 2. The molecule has 0 aliphatic carbocycles. The Bertz CT molecular complexity index is 644. The topological polar surface area (TPSA) is 73.8 Å². The van der Waals surface area contributed by atoms with Gasteiger partial charge in [0.25, 0.3) is 0 Å². The summed E-state index contributed by atoms with van der Waals surface area (Å²) in [6, 6.07) is 10.7. The lowest BCUT2D eigenvalue weighted by atomic mass is 10.1. The molecule has 24 heavy (non-hydrogen) atoms. The van der Waals surface area contributed by atoms with Crippen LogP contribution in [0, 0.1) is 0 Å². The van der Waals surface area contributed by atoms with Crippen LogP contribution in [0.25, 0.3) is 0 Å². The average molecular weight is 353 g/mol. The van der Waals surface area contributed by atoms with Gasteiger partial charge in [0, 0.05) is 25.7 Å². The normalized spacial score (nSPS) is 21.7. The monoisotopic (exact) mass is 352 g/mol. The molecule has 1 aromatic rings. The smallest absolute Gasteiger partial charge is 0.191 e. The molecular formula is C17H28N4O2S. The molecule has 0 spiro atoms. The molecule has 2 unspecified atom stereocenters. The van der Waals surface area contributed by atoms with Gasteiger partial charge in [0.2, 0.25) is 0 Å². The molecule has 2 atom stereocenters. The Morgan fingerprint density at radius 1 is 1.33 bits per heavy atom. The van der Waals surface area contributed by atoms with Gasteiger partial charge in [-0.25, -0.2) is 8.42 Å². The van der Waals surface area contributed by atoms with Gasteiger partial charge in [0.1, 0.15) is 0 Å². The van der Waals surface area contributed by atoms with Gasteiger partial charge in [-0.1, -0.05) is 30.3 Å². The zero-order valence-electron chi connectivity index (χ0n) is 14.7. The lowest BCUT2D eigenvalue weighted by Crippen LogP contribution is -2.48. The first kappa shape index (κ1) is 18.7. The molecule has 1 aromatic carbocycles. The molecule has 2 rings (SSSR count). The second-order valence-corrected chi connectivity index (χ2v) is 8.73. The molecule has 0 saturated carbocycles. The third-order valence-corrected chi connectivity index (χ3v) is 6.11. The van der Waals surface area contributed by atoms with E-state index in [4.69, 9.17) is 0 Å². The van der Waals surface area contributed by atoms with Crippen molar-refractivity contribution in [3.63, 3.8) is 0 Å². The van der Waals surface area contributed by atoms with Crippen molar-refractivity contribution in [1.82, 2.24) is 15.5 Å². The minimum Gasteiger partial charge on any atom is -0.355 e. The molecule has 0 amide bonds. The maximum absolute atomic E-state index is 11.6. The lowest BCUT2D eigenvalue weighted by Gasteiger charge is -2.26. The number of sulfone groups is 1. The van der Waals surface area contributed by atoms with Crippen molar-refractivity contribution < 1.29 is 8.42 Å². The number of aliphatic imine (C=N–C) groups is 1. The van der Waals surface area contributed by atoms with Crippen LogP contribution >= 0.6 is 0 Å². The molecule has 7 heteroatoms. The van der Waals surface area contributed by atoms with Gasteiger partial charge in [0.15, 0.2) is 15.8 Å². The van der Waals surface area contributed by atoms with Crippen molar-refractivity contribution >= 4 is 15.8 Å². The van der Waals surface area contributed by atoms with Crippen molar-refractivity contribution in [1.29, 1.82) is 0 Å². The molecule has 134 valence electrons. The number of benzene rings is 1. The van der Waals surface area contributed by atoms with Crippen LogP contribution in [-0.4, -0.2) is 70.6 Å². The molecule has 0 radical (unpaired) electrons. The summed E-state index contributed by atoms with van der Waals surface area (Å²) in [5, 5.41) is 6.55. The number of hydrogen-bond acceptors (Lipinski definition) is 4. The molecule has 0 aromatic heterocycles. The van der Waals surface area contributed by atoms with Crippen molar-refractivity contribution in [2.24, 2.45) is 4.99 Å². The number of likely N-dealkylation sites (N-methyl/N-ethyl adjacent to an activating group) is 1. The minimum atomic E-state index is -2.89. The first-order chi connectivity index (χ1) is 11.4. The van der Waals surface area contributed by atoms with E-state index >= 15 is 0 Å². The summed E-state index contributed by atoms with van der Waals surface area (Å²) >= 11 is 0. The van der Waals surface area contributed by atoms with Crippen molar-refractivity contribution in [2.45, 2.75) is 24.9 Å². The highest BCUT2D eigenvalue weighted by molar-refractivity contribution is 7.91. The van der Waals surface area contributed by atoms with Gasteiger partial charge in [-0.2, -0.15) is 0 Å². The number of nitrogens with one attached hydrogen (secondary N) is 2. The molecular weight excluding hydrogens is 324 g/mol. The van der Waals surface area contributed by atoms with E-state index in [-0.39, 0.29) is 17.5 Å². The number of guanidine groups is 1. The Kier molecular flexibility index (Phi) is 6.62. The average Bonchev–Trinajstić information content (AvgIpc) is 2.89. The minimum absolute atomic E-state index is 0.0480. The first-order valence-corrected chi connectivity index (χ1v) is 10.1. The summed E-state index contributed by atoms with van der Waals surface area (Å²) in [4.78, 5) is 6.41. The van der Waals surface area contributed by atoms with Gasteiger partial charge < -0.3 is 15.5 Å². The highest BCUT2D eigenvalue weighted by atomic mass is 32.2. The Morgan fingerprint density at radius 2 is 2.04 bits per heavy atom. The third kappa shape index (κ3) is 5.79. The van der Waals surface area contributed by atoms with E-state index in [1.165, 1.54) is 5.56 Å².